The van der Waals surface area contributed by atoms with E-state index in [2.05, 4.69) is 45.4 Å². The highest BCUT2D eigenvalue weighted by Crippen LogP contribution is 2.33. The minimum atomic E-state index is 0.0938. The van der Waals surface area contributed by atoms with Crippen LogP contribution >= 0.6 is 38.9 Å². The second-order valence-electron chi connectivity index (χ2n) is 3.63. The maximum absolute atomic E-state index is 6.20. The second kappa shape index (κ2) is 5.52. The number of thiophene rings is 1. The molecule has 0 saturated heterocycles. The first-order valence-corrected chi connectivity index (χ1v) is 7.28. The number of hydrogen-bond donors (Lipinski definition) is 1. The molecule has 0 bridgehead atoms. The van der Waals surface area contributed by atoms with Gasteiger partial charge in [-0.05, 0) is 34.6 Å². The summed E-state index contributed by atoms with van der Waals surface area (Å²) in [5.74, 6) is 0. The Labute approximate surface area is 118 Å². The van der Waals surface area contributed by atoms with Crippen LogP contribution in [-0.2, 0) is 7.05 Å². The van der Waals surface area contributed by atoms with Crippen LogP contribution in [0.4, 0.5) is 0 Å². The van der Waals surface area contributed by atoms with E-state index in [0.717, 1.165) is 16.0 Å². The van der Waals surface area contributed by atoms with Gasteiger partial charge in [-0.2, -0.15) is 5.10 Å². The predicted octanol–water partition coefficient (Wildman–Crippen LogP) is 3.60. The van der Waals surface area contributed by atoms with Crippen molar-refractivity contribution >= 4 is 38.9 Å². The fourth-order valence-electron chi connectivity index (χ4n) is 1.76. The minimum absolute atomic E-state index is 0.0938. The molecule has 1 atom stereocenters. The highest BCUT2D eigenvalue weighted by atomic mass is 79.9. The molecule has 0 saturated carbocycles. The lowest BCUT2D eigenvalue weighted by Gasteiger charge is -2.17. The third-order valence-corrected chi connectivity index (χ3v) is 4.48. The van der Waals surface area contributed by atoms with Crippen LogP contribution in [0.15, 0.2) is 22.1 Å². The van der Waals surface area contributed by atoms with E-state index in [1.807, 2.05) is 11.7 Å². The first kappa shape index (κ1) is 13.1. The fourth-order valence-corrected chi connectivity index (χ4v) is 3.54. The van der Waals surface area contributed by atoms with E-state index < -0.39 is 0 Å². The molecule has 0 spiro atoms. The quantitative estimate of drug-likeness (QED) is 0.926. The first-order chi connectivity index (χ1) is 8.13. The molecule has 2 heterocycles. The Morgan fingerprint density at radius 2 is 2.35 bits per heavy atom. The van der Waals surface area contributed by atoms with Crippen LogP contribution in [0, 0.1) is 0 Å². The standard InChI is InChI=1S/C11H13BrClN3S/c1-3-14-10(8-4-5-9(12)17-8)11-7(13)6-15-16(11)2/h4-6,10,14H,3H2,1-2H3. The summed E-state index contributed by atoms with van der Waals surface area (Å²) < 4.78 is 2.94. The zero-order valence-corrected chi connectivity index (χ0v) is 12.7. The van der Waals surface area contributed by atoms with Gasteiger partial charge in [0.2, 0.25) is 0 Å². The monoisotopic (exact) mass is 333 g/mol. The average molecular weight is 335 g/mol. The topological polar surface area (TPSA) is 29.9 Å². The van der Waals surface area contributed by atoms with Crippen LogP contribution in [-0.4, -0.2) is 16.3 Å². The van der Waals surface area contributed by atoms with Crippen molar-refractivity contribution in [3.8, 4) is 0 Å². The van der Waals surface area contributed by atoms with Gasteiger partial charge in [-0.1, -0.05) is 18.5 Å². The Kier molecular flexibility index (Phi) is 4.25. The summed E-state index contributed by atoms with van der Waals surface area (Å²) in [6.45, 7) is 2.96. The number of nitrogens with one attached hydrogen (secondary N) is 1. The Bertz CT molecular complexity index is 489. The first-order valence-electron chi connectivity index (χ1n) is 5.29. The van der Waals surface area contributed by atoms with Crippen LogP contribution in [0.5, 0.6) is 0 Å². The highest BCUT2D eigenvalue weighted by molar-refractivity contribution is 9.11. The van der Waals surface area contributed by atoms with Crippen LogP contribution < -0.4 is 5.32 Å². The van der Waals surface area contributed by atoms with Gasteiger partial charge >= 0.3 is 0 Å². The summed E-state index contributed by atoms with van der Waals surface area (Å²) in [5, 5.41) is 8.33. The SMILES string of the molecule is CCNC(c1ccc(Br)s1)c1c(Cl)cnn1C. The zero-order valence-electron chi connectivity index (χ0n) is 9.58. The Hall–Kier alpha value is -0.360. The van der Waals surface area contributed by atoms with Gasteiger partial charge in [0.15, 0.2) is 0 Å². The fraction of sp³-hybridized carbons (Fsp3) is 0.364. The third-order valence-electron chi connectivity index (χ3n) is 2.50. The Balaban J connectivity index is 2.42. The molecule has 1 N–H and O–H groups in total. The molecular formula is C11H13BrClN3S. The minimum Gasteiger partial charge on any atom is -0.305 e. The molecule has 1 unspecified atom stereocenters. The van der Waals surface area contributed by atoms with Crippen molar-refractivity contribution in [1.82, 2.24) is 15.1 Å². The maximum Gasteiger partial charge on any atom is 0.0857 e. The van der Waals surface area contributed by atoms with Gasteiger partial charge in [-0.25, -0.2) is 0 Å². The molecule has 0 aliphatic heterocycles. The summed E-state index contributed by atoms with van der Waals surface area (Å²) in [6.07, 6.45) is 1.68. The van der Waals surface area contributed by atoms with E-state index in [4.69, 9.17) is 11.6 Å². The summed E-state index contributed by atoms with van der Waals surface area (Å²) in [5.41, 5.74) is 1.00. The number of aromatic nitrogens is 2. The lowest BCUT2D eigenvalue weighted by Crippen LogP contribution is -2.23. The summed E-state index contributed by atoms with van der Waals surface area (Å²) >= 11 is 11.4. The van der Waals surface area contributed by atoms with Gasteiger partial charge in [0.25, 0.3) is 0 Å². The van der Waals surface area contributed by atoms with Gasteiger partial charge in [0, 0.05) is 11.9 Å². The van der Waals surface area contributed by atoms with Crippen molar-refractivity contribution in [2.75, 3.05) is 6.54 Å². The normalized spacial score (nSPS) is 12.9. The van der Waals surface area contributed by atoms with E-state index in [1.165, 1.54) is 4.88 Å². The van der Waals surface area contributed by atoms with Gasteiger partial charge in [0.05, 0.1) is 26.7 Å². The summed E-state index contributed by atoms with van der Waals surface area (Å²) in [4.78, 5) is 1.23. The molecule has 17 heavy (non-hydrogen) atoms. The number of hydrogen-bond acceptors (Lipinski definition) is 3. The lowest BCUT2D eigenvalue weighted by atomic mass is 10.1. The molecule has 0 radical (unpaired) electrons. The highest BCUT2D eigenvalue weighted by Gasteiger charge is 2.21. The third kappa shape index (κ3) is 2.73. The van der Waals surface area contributed by atoms with Crippen LogP contribution in [0.3, 0.4) is 0 Å². The van der Waals surface area contributed by atoms with E-state index in [-0.39, 0.29) is 6.04 Å². The van der Waals surface area contributed by atoms with Crippen LogP contribution in [0.2, 0.25) is 5.02 Å². The Morgan fingerprint density at radius 3 is 2.82 bits per heavy atom. The molecule has 0 aromatic carbocycles. The number of rotatable bonds is 4. The molecule has 2 aromatic rings. The van der Waals surface area contributed by atoms with E-state index in [9.17, 15) is 0 Å². The lowest BCUT2D eigenvalue weighted by molar-refractivity contribution is 0.579. The molecule has 92 valence electrons. The van der Waals surface area contributed by atoms with Crippen molar-refractivity contribution < 1.29 is 0 Å². The van der Waals surface area contributed by atoms with Gasteiger partial charge < -0.3 is 5.32 Å². The zero-order chi connectivity index (χ0) is 12.4. The number of nitrogens with zero attached hydrogens (tertiary/aromatic N) is 2. The van der Waals surface area contributed by atoms with Crippen molar-refractivity contribution in [2.24, 2.45) is 7.05 Å². The van der Waals surface area contributed by atoms with Gasteiger partial charge in [-0.15, -0.1) is 11.3 Å². The maximum atomic E-state index is 6.20. The summed E-state index contributed by atoms with van der Waals surface area (Å²) in [7, 11) is 1.91. The molecule has 0 aliphatic carbocycles. The van der Waals surface area contributed by atoms with Crippen molar-refractivity contribution in [2.45, 2.75) is 13.0 Å². The van der Waals surface area contributed by atoms with E-state index in [0.29, 0.717) is 5.02 Å². The van der Waals surface area contributed by atoms with Crippen LogP contribution in [0.1, 0.15) is 23.5 Å². The second-order valence-corrected chi connectivity index (χ2v) is 6.54. The van der Waals surface area contributed by atoms with Crippen molar-refractivity contribution in [1.29, 1.82) is 0 Å². The molecule has 3 nitrogen and oxygen atoms in total. The number of aryl methyl sites for hydroxylation is 1. The number of halogens is 2. The summed E-state index contributed by atoms with van der Waals surface area (Å²) in [6, 6.07) is 4.25. The van der Waals surface area contributed by atoms with Crippen LogP contribution in [0.25, 0.3) is 0 Å². The molecule has 0 aliphatic rings. The average Bonchev–Trinajstić information content (AvgIpc) is 2.84. The van der Waals surface area contributed by atoms with Gasteiger partial charge in [0.1, 0.15) is 0 Å². The Morgan fingerprint density at radius 1 is 1.59 bits per heavy atom. The molecule has 0 amide bonds. The largest absolute Gasteiger partial charge is 0.305 e. The van der Waals surface area contributed by atoms with Gasteiger partial charge in [-0.3, -0.25) is 4.68 Å². The molecule has 2 rings (SSSR count). The molecular weight excluding hydrogens is 322 g/mol. The molecule has 0 fully saturated rings. The van der Waals surface area contributed by atoms with Crippen molar-refractivity contribution in [3.05, 3.63) is 37.7 Å². The predicted molar refractivity (Wildman–Crippen MR) is 75.8 cm³/mol. The van der Waals surface area contributed by atoms with Crippen molar-refractivity contribution in [3.63, 3.8) is 0 Å². The van der Waals surface area contributed by atoms with E-state index in [1.54, 1.807) is 17.5 Å². The van der Waals surface area contributed by atoms with E-state index >= 15 is 0 Å². The molecule has 2 aromatic heterocycles. The molecule has 6 heteroatoms. The smallest absolute Gasteiger partial charge is 0.0857 e.